The summed E-state index contributed by atoms with van der Waals surface area (Å²) in [5.74, 6) is 0.977. The van der Waals surface area contributed by atoms with Crippen molar-refractivity contribution in [1.29, 1.82) is 0 Å². The van der Waals surface area contributed by atoms with Crippen molar-refractivity contribution >= 4 is 0 Å². The third-order valence-electron chi connectivity index (χ3n) is 3.51. The first-order chi connectivity index (χ1) is 5.00. The fourth-order valence-electron chi connectivity index (χ4n) is 1.94. The quantitative estimate of drug-likeness (QED) is 0.574. The molecule has 2 atom stereocenters. The lowest BCUT2D eigenvalue weighted by Gasteiger charge is -2.29. The molecule has 0 aromatic carbocycles. The first kappa shape index (κ1) is 8.79. The van der Waals surface area contributed by atoms with E-state index in [1.165, 1.54) is 5.57 Å². The average molecular weight is 154 g/mol. The largest absolute Gasteiger partial charge is 0.396 e. The van der Waals surface area contributed by atoms with Crippen LogP contribution in [-0.4, -0.2) is 11.7 Å². The fourth-order valence-corrected chi connectivity index (χ4v) is 1.94. The first-order valence-corrected chi connectivity index (χ1v) is 4.28. The van der Waals surface area contributed by atoms with Gasteiger partial charge in [-0.1, -0.05) is 32.9 Å². The normalized spacial score (nSPS) is 36.2. The number of rotatable bonds is 1. The van der Waals surface area contributed by atoms with E-state index in [1.807, 2.05) is 0 Å². The van der Waals surface area contributed by atoms with Gasteiger partial charge in [0.1, 0.15) is 0 Å². The van der Waals surface area contributed by atoms with Gasteiger partial charge >= 0.3 is 0 Å². The van der Waals surface area contributed by atoms with Crippen molar-refractivity contribution in [3.05, 3.63) is 12.2 Å². The smallest absolute Gasteiger partial charge is 0.0467 e. The standard InChI is InChI=1S/C10H18O/c1-7-5-9(6-11)10(3,4)8(7)2/h8-9,11H,1,5-6H2,2-4H3/t8-,9-/m0/s1. The van der Waals surface area contributed by atoms with Gasteiger partial charge in [0, 0.05) is 6.61 Å². The topological polar surface area (TPSA) is 20.2 Å². The highest BCUT2D eigenvalue weighted by atomic mass is 16.3. The Morgan fingerprint density at radius 1 is 1.64 bits per heavy atom. The summed E-state index contributed by atoms with van der Waals surface area (Å²) in [6.45, 7) is 11.0. The molecule has 1 fully saturated rings. The van der Waals surface area contributed by atoms with Crippen LogP contribution >= 0.6 is 0 Å². The number of aliphatic hydroxyl groups is 1. The zero-order valence-electron chi connectivity index (χ0n) is 7.72. The second-order valence-corrected chi connectivity index (χ2v) is 4.28. The Bertz CT molecular complexity index is 170. The van der Waals surface area contributed by atoms with Gasteiger partial charge in [-0.15, -0.1) is 0 Å². The predicted molar refractivity (Wildman–Crippen MR) is 47.3 cm³/mol. The van der Waals surface area contributed by atoms with Crippen molar-refractivity contribution in [2.24, 2.45) is 17.3 Å². The molecule has 1 saturated carbocycles. The van der Waals surface area contributed by atoms with Crippen LogP contribution in [0.15, 0.2) is 12.2 Å². The van der Waals surface area contributed by atoms with Gasteiger partial charge in [0.25, 0.3) is 0 Å². The summed E-state index contributed by atoms with van der Waals surface area (Å²) in [5.41, 5.74) is 1.54. The summed E-state index contributed by atoms with van der Waals surface area (Å²) in [6.07, 6.45) is 1.00. The number of aliphatic hydroxyl groups excluding tert-OH is 1. The molecular formula is C10H18O. The average Bonchev–Trinajstić information content (AvgIpc) is 2.13. The lowest BCUT2D eigenvalue weighted by molar-refractivity contribution is 0.121. The fraction of sp³-hybridized carbons (Fsp3) is 0.800. The van der Waals surface area contributed by atoms with Crippen molar-refractivity contribution in [2.45, 2.75) is 27.2 Å². The summed E-state index contributed by atoms with van der Waals surface area (Å²) >= 11 is 0. The molecule has 0 amide bonds. The summed E-state index contributed by atoms with van der Waals surface area (Å²) in [6, 6.07) is 0. The van der Waals surface area contributed by atoms with Crippen LogP contribution in [0, 0.1) is 17.3 Å². The van der Waals surface area contributed by atoms with Crippen molar-refractivity contribution < 1.29 is 5.11 Å². The van der Waals surface area contributed by atoms with Gasteiger partial charge in [-0.05, 0) is 23.7 Å². The molecule has 0 aromatic heterocycles. The molecule has 1 aliphatic rings. The zero-order chi connectivity index (χ0) is 8.65. The molecule has 1 aliphatic carbocycles. The van der Waals surface area contributed by atoms with Crippen molar-refractivity contribution in [1.82, 2.24) is 0 Å². The number of allylic oxidation sites excluding steroid dienone is 1. The second kappa shape index (κ2) is 2.63. The van der Waals surface area contributed by atoms with E-state index < -0.39 is 0 Å². The Morgan fingerprint density at radius 3 is 2.36 bits per heavy atom. The van der Waals surface area contributed by atoms with E-state index in [0.717, 1.165) is 6.42 Å². The Kier molecular flexibility index (Phi) is 2.10. The van der Waals surface area contributed by atoms with Crippen LogP contribution in [0.5, 0.6) is 0 Å². The van der Waals surface area contributed by atoms with Gasteiger partial charge in [-0.2, -0.15) is 0 Å². The van der Waals surface area contributed by atoms with Gasteiger partial charge in [0.05, 0.1) is 0 Å². The molecule has 0 spiro atoms. The van der Waals surface area contributed by atoms with Gasteiger partial charge in [0.15, 0.2) is 0 Å². The molecule has 0 aromatic rings. The zero-order valence-corrected chi connectivity index (χ0v) is 7.72. The summed E-state index contributed by atoms with van der Waals surface area (Å²) < 4.78 is 0. The molecule has 0 radical (unpaired) electrons. The molecule has 1 rings (SSSR count). The van der Waals surface area contributed by atoms with Crippen LogP contribution in [0.1, 0.15) is 27.2 Å². The molecule has 0 saturated heterocycles. The molecule has 0 unspecified atom stereocenters. The summed E-state index contributed by atoms with van der Waals surface area (Å²) in [7, 11) is 0. The monoisotopic (exact) mass is 154 g/mol. The van der Waals surface area contributed by atoms with Crippen molar-refractivity contribution in [3.63, 3.8) is 0 Å². The van der Waals surface area contributed by atoms with Crippen molar-refractivity contribution in [2.75, 3.05) is 6.61 Å². The lowest BCUT2D eigenvalue weighted by Crippen LogP contribution is -2.25. The highest BCUT2D eigenvalue weighted by Gasteiger charge is 2.41. The molecular weight excluding hydrogens is 136 g/mol. The van der Waals surface area contributed by atoms with E-state index in [0.29, 0.717) is 18.4 Å². The van der Waals surface area contributed by atoms with Gasteiger partial charge < -0.3 is 5.11 Å². The Morgan fingerprint density at radius 2 is 2.18 bits per heavy atom. The van der Waals surface area contributed by atoms with E-state index in [2.05, 4.69) is 27.4 Å². The SMILES string of the molecule is C=C1C[C@@H](CO)C(C)(C)[C@H]1C. The van der Waals surface area contributed by atoms with Crippen LogP contribution in [0.25, 0.3) is 0 Å². The van der Waals surface area contributed by atoms with Crippen LogP contribution in [0.4, 0.5) is 0 Å². The Balaban J connectivity index is 2.82. The molecule has 64 valence electrons. The first-order valence-electron chi connectivity index (χ1n) is 4.28. The second-order valence-electron chi connectivity index (χ2n) is 4.28. The minimum absolute atomic E-state index is 0.242. The maximum Gasteiger partial charge on any atom is 0.0467 e. The molecule has 1 heteroatoms. The maximum absolute atomic E-state index is 9.10. The third kappa shape index (κ3) is 1.22. The number of hydrogen-bond acceptors (Lipinski definition) is 1. The molecule has 0 bridgehead atoms. The maximum atomic E-state index is 9.10. The van der Waals surface area contributed by atoms with E-state index in [9.17, 15) is 0 Å². The van der Waals surface area contributed by atoms with Crippen LogP contribution in [0.2, 0.25) is 0 Å². The lowest BCUT2D eigenvalue weighted by atomic mass is 9.76. The van der Waals surface area contributed by atoms with Gasteiger partial charge in [-0.3, -0.25) is 0 Å². The highest BCUT2D eigenvalue weighted by Crippen LogP contribution is 2.49. The van der Waals surface area contributed by atoms with Crippen LogP contribution < -0.4 is 0 Å². The van der Waals surface area contributed by atoms with Crippen molar-refractivity contribution in [3.8, 4) is 0 Å². The van der Waals surface area contributed by atoms with Gasteiger partial charge in [0.2, 0.25) is 0 Å². The van der Waals surface area contributed by atoms with E-state index in [4.69, 9.17) is 5.11 Å². The van der Waals surface area contributed by atoms with Crippen LogP contribution in [0.3, 0.4) is 0 Å². The summed E-state index contributed by atoms with van der Waals surface area (Å²) in [5, 5.41) is 9.10. The molecule has 0 heterocycles. The minimum Gasteiger partial charge on any atom is -0.396 e. The third-order valence-corrected chi connectivity index (χ3v) is 3.51. The summed E-state index contributed by atoms with van der Waals surface area (Å²) in [4.78, 5) is 0. The Hall–Kier alpha value is -0.300. The van der Waals surface area contributed by atoms with Crippen LogP contribution in [-0.2, 0) is 0 Å². The minimum atomic E-state index is 0.242. The molecule has 11 heavy (non-hydrogen) atoms. The van der Waals surface area contributed by atoms with Gasteiger partial charge in [-0.25, -0.2) is 0 Å². The highest BCUT2D eigenvalue weighted by molar-refractivity contribution is 5.14. The molecule has 0 aliphatic heterocycles. The van der Waals surface area contributed by atoms with E-state index in [1.54, 1.807) is 0 Å². The van der Waals surface area contributed by atoms with E-state index >= 15 is 0 Å². The number of hydrogen-bond donors (Lipinski definition) is 1. The Labute approximate surface area is 69.1 Å². The molecule has 1 N–H and O–H groups in total. The predicted octanol–water partition coefficient (Wildman–Crippen LogP) is 2.22. The van der Waals surface area contributed by atoms with E-state index in [-0.39, 0.29) is 5.41 Å². The molecule has 1 nitrogen and oxygen atoms in total.